The third-order valence-corrected chi connectivity index (χ3v) is 12.3. The van der Waals surface area contributed by atoms with E-state index in [1.54, 1.807) is 70.2 Å². The van der Waals surface area contributed by atoms with E-state index in [0.717, 1.165) is 21.6 Å². The quantitative estimate of drug-likeness (QED) is 0.131. The molecule has 5 atom stereocenters. The van der Waals surface area contributed by atoms with Crippen LogP contribution in [0.4, 0.5) is 0 Å². The maximum absolute atomic E-state index is 13.8. The highest BCUT2D eigenvalue weighted by Crippen LogP contribution is 2.46. The van der Waals surface area contributed by atoms with Crippen molar-refractivity contribution in [3.8, 4) is 5.75 Å². The summed E-state index contributed by atoms with van der Waals surface area (Å²) in [6, 6.07) is 8.19. The fourth-order valence-corrected chi connectivity index (χ4v) is 7.94. The van der Waals surface area contributed by atoms with Crippen molar-refractivity contribution in [3.63, 3.8) is 0 Å². The summed E-state index contributed by atoms with van der Waals surface area (Å²) >= 11 is 0. The van der Waals surface area contributed by atoms with Gasteiger partial charge in [-0.05, 0) is 57.4 Å². The van der Waals surface area contributed by atoms with Gasteiger partial charge in [0, 0.05) is 15.9 Å². The van der Waals surface area contributed by atoms with Crippen molar-refractivity contribution in [3.05, 3.63) is 65.7 Å². The highest BCUT2D eigenvalue weighted by Gasteiger charge is 2.45. The summed E-state index contributed by atoms with van der Waals surface area (Å²) in [6.07, 6.45) is -0.725. The van der Waals surface area contributed by atoms with E-state index in [-0.39, 0.29) is 18.6 Å². The molecule has 282 valence electrons. The largest absolute Gasteiger partial charge is 0.508 e. The summed E-state index contributed by atoms with van der Waals surface area (Å²) in [6.45, 7) is 5.96. The number of aromatic hydroxyl groups is 1. The number of phenols is 1. The van der Waals surface area contributed by atoms with Gasteiger partial charge in [0.15, 0.2) is 0 Å². The van der Waals surface area contributed by atoms with Gasteiger partial charge >= 0.3 is 5.97 Å². The molecule has 6 amide bonds. The molecule has 3 rings (SSSR count). The van der Waals surface area contributed by atoms with E-state index in [1.807, 2.05) is 0 Å². The van der Waals surface area contributed by atoms with Crippen molar-refractivity contribution in [2.45, 2.75) is 86.7 Å². The lowest BCUT2D eigenvalue weighted by Gasteiger charge is -2.39. The number of amides is 6. The minimum Gasteiger partial charge on any atom is -0.508 e. The molecule has 1 unspecified atom stereocenters. The Balaban J connectivity index is 1.99. The molecule has 1 fully saturated rings. The molecule has 0 radical (unpaired) electrons. The molecule has 0 bridgehead atoms. The van der Waals surface area contributed by atoms with Crippen LogP contribution in [0.1, 0.15) is 45.2 Å². The lowest BCUT2D eigenvalue weighted by Crippen LogP contribution is -2.63. The molecule has 0 aliphatic carbocycles. The Bertz CT molecular complexity index is 1640. The summed E-state index contributed by atoms with van der Waals surface area (Å²) in [5, 5.41) is 31.7. The topological polar surface area (TPSA) is 272 Å². The maximum Gasteiger partial charge on any atom is 0.305 e. The van der Waals surface area contributed by atoms with Crippen LogP contribution >= 0.6 is 21.6 Å². The van der Waals surface area contributed by atoms with E-state index < -0.39 is 94.1 Å². The van der Waals surface area contributed by atoms with Gasteiger partial charge in [-0.2, -0.15) is 0 Å². The van der Waals surface area contributed by atoms with Crippen LogP contribution in [0.5, 0.6) is 5.75 Å². The Morgan fingerprint density at radius 3 is 2.12 bits per heavy atom. The maximum atomic E-state index is 13.8. The Morgan fingerprint density at radius 1 is 0.904 bits per heavy atom. The second kappa shape index (κ2) is 18.1. The highest BCUT2D eigenvalue weighted by atomic mass is 33.1. The normalized spacial score (nSPS) is 21.9. The van der Waals surface area contributed by atoms with E-state index in [0.29, 0.717) is 11.1 Å². The molecule has 0 aromatic heterocycles. The molecule has 2 aromatic rings. The van der Waals surface area contributed by atoms with Crippen LogP contribution in [0, 0.1) is 0 Å². The SMILES string of the molecule is CC1(C)SSC(C)(C)[C@H](C(=O)N[C@@H](CC(=O)O)C(N)=O)NC(=O)[C@H](Cc2ccccc2)NC(=O)CNC(=O)C1NC(=O)[C@@H](N)Cc1ccc(O)cc1. The van der Waals surface area contributed by atoms with Crippen molar-refractivity contribution < 1.29 is 43.8 Å². The first-order valence-corrected chi connectivity index (χ1v) is 18.4. The Hall–Kier alpha value is -4.81. The zero-order valence-electron chi connectivity index (χ0n) is 29.1. The van der Waals surface area contributed by atoms with E-state index in [1.165, 1.54) is 12.1 Å². The average molecular weight is 760 g/mol. The zero-order chi connectivity index (χ0) is 38.8. The van der Waals surface area contributed by atoms with Gasteiger partial charge in [-0.1, -0.05) is 64.1 Å². The van der Waals surface area contributed by atoms with Gasteiger partial charge in [-0.3, -0.25) is 33.6 Å². The average Bonchev–Trinajstić information content (AvgIpc) is 3.07. The first-order valence-electron chi connectivity index (χ1n) is 16.2. The van der Waals surface area contributed by atoms with Gasteiger partial charge in [0.2, 0.25) is 35.4 Å². The van der Waals surface area contributed by atoms with E-state index in [4.69, 9.17) is 11.5 Å². The van der Waals surface area contributed by atoms with Gasteiger partial charge in [0.05, 0.1) is 19.0 Å². The van der Waals surface area contributed by atoms with Gasteiger partial charge in [0.25, 0.3) is 0 Å². The fourth-order valence-electron chi connectivity index (χ4n) is 5.12. The predicted octanol–water partition coefficient (Wildman–Crippen LogP) is -0.528. The third-order valence-electron chi connectivity index (χ3n) is 8.08. The number of nitrogens with two attached hydrogens (primary N) is 2. The number of primary amides is 1. The Kier molecular flexibility index (Phi) is 14.5. The molecule has 1 aliphatic rings. The van der Waals surface area contributed by atoms with Crippen molar-refractivity contribution in [1.82, 2.24) is 26.6 Å². The smallest absolute Gasteiger partial charge is 0.305 e. The minimum absolute atomic E-state index is 0.00339. The number of aliphatic carboxylic acids is 1. The molecule has 0 spiro atoms. The van der Waals surface area contributed by atoms with Crippen molar-refractivity contribution in [2.24, 2.45) is 11.5 Å². The number of hydrogen-bond acceptors (Lipinski definition) is 11. The van der Waals surface area contributed by atoms with Crippen LogP contribution in [-0.2, 0) is 46.4 Å². The number of phenolic OH excluding ortho intramolecular Hbond substituents is 1. The second-order valence-corrected chi connectivity index (χ2v) is 16.8. The molecule has 1 heterocycles. The molecule has 18 heteroatoms. The van der Waals surface area contributed by atoms with Crippen LogP contribution in [0.15, 0.2) is 54.6 Å². The molecule has 1 saturated heterocycles. The molecule has 16 nitrogen and oxygen atoms in total. The Labute approximate surface area is 308 Å². The number of benzene rings is 2. The summed E-state index contributed by atoms with van der Waals surface area (Å²) in [7, 11) is 2.19. The first kappa shape index (κ1) is 41.6. The summed E-state index contributed by atoms with van der Waals surface area (Å²) < 4.78 is -2.40. The van der Waals surface area contributed by atoms with Gasteiger partial charge in [-0.25, -0.2) is 0 Å². The zero-order valence-corrected chi connectivity index (χ0v) is 30.8. The summed E-state index contributed by atoms with van der Waals surface area (Å²) in [5.41, 5.74) is 12.9. The highest BCUT2D eigenvalue weighted by molar-refractivity contribution is 8.77. The number of carbonyl (C=O) groups excluding carboxylic acids is 6. The molecule has 2 aromatic carbocycles. The lowest BCUT2D eigenvalue weighted by molar-refractivity contribution is -0.140. The molecule has 52 heavy (non-hydrogen) atoms. The number of rotatable bonds is 11. The monoisotopic (exact) mass is 759 g/mol. The number of carboxylic acid groups (broad SMARTS) is 1. The molecule has 11 N–H and O–H groups in total. The third kappa shape index (κ3) is 12.2. The van der Waals surface area contributed by atoms with E-state index >= 15 is 0 Å². The second-order valence-electron chi connectivity index (χ2n) is 13.3. The number of hydrogen-bond donors (Lipinski definition) is 9. The van der Waals surface area contributed by atoms with Crippen LogP contribution in [-0.4, -0.2) is 97.9 Å². The Morgan fingerprint density at radius 2 is 1.52 bits per heavy atom. The number of carboxylic acids is 1. The summed E-state index contributed by atoms with van der Waals surface area (Å²) in [5.74, 6) is -6.28. The predicted molar refractivity (Wildman–Crippen MR) is 195 cm³/mol. The van der Waals surface area contributed by atoms with Crippen molar-refractivity contribution >= 4 is 63.0 Å². The minimum atomic E-state index is -1.60. The van der Waals surface area contributed by atoms with Crippen LogP contribution < -0.4 is 38.1 Å². The van der Waals surface area contributed by atoms with Gasteiger partial charge in [-0.15, -0.1) is 0 Å². The summed E-state index contributed by atoms with van der Waals surface area (Å²) in [4.78, 5) is 91.4. The van der Waals surface area contributed by atoms with E-state index in [9.17, 15) is 43.8 Å². The molecular weight excluding hydrogens is 715 g/mol. The molecule has 0 saturated carbocycles. The van der Waals surface area contributed by atoms with E-state index in [2.05, 4.69) is 26.6 Å². The van der Waals surface area contributed by atoms with Crippen LogP contribution in [0.3, 0.4) is 0 Å². The lowest BCUT2D eigenvalue weighted by atomic mass is 9.99. The van der Waals surface area contributed by atoms with Crippen molar-refractivity contribution in [2.75, 3.05) is 6.54 Å². The van der Waals surface area contributed by atoms with Gasteiger partial charge in [0.1, 0.15) is 29.9 Å². The van der Waals surface area contributed by atoms with Crippen LogP contribution in [0.2, 0.25) is 0 Å². The molecule has 1 aliphatic heterocycles. The number of nitrogens with one attached hydrogen (secondary N) is 5. The molecular formula is C34H45N7O9S2. The van der Waals surface area contributed by atoms with Gasteiger partial charge < -0.3 is 48.3 Å². The number of carbonyl (C=O) groups is 7. The van der Waals surface area contributed by atoms with Crippen LogP contribution in [0.25, 0.3) is 0 Å². The van der Waals surface area contributed by atoms with Crippen molar-refractivity contribution in [1.29, 1.82) is 0 Å². The first-order chi connectivity index (χ1) is 24.3. The fraction of sp³-hybridized carbons (Fsp3) is 0.441. The standard InChI is InChI=1S/C34H45N7O9S2/c1-33(2)26(40-29(47)21(35)14-19-10-12-20(42)13-11-19)31(49)37-17-24(43)38-23(15-18-8-6-5-7-9-18)30(48)41-27(34(3,4)52-51-33)32(50)39-22(28(36)46)16-25(44)45/h5-13,21-23,26-27,42H,14-17,35H2,1-4H3,(H2,36,46)(H,37,49)(H,38,43)(H,39,50)(H,40,47)(H,41,48)(H,44,45)/t21-,22-,23-,26?,27-/m0/s1.